The largest absolute Gasteiger partial charge is 0.338 e. The van der Waals surface area contributed by atoms with Crippen molar-refractivity contribution in [2.75, 3.05) is 11.9 Å². The highest BCUT2D eigenvalue weighted by Gasteiger charge is 2.58. The van der Waals surface area contributed by atoms with Gasteiger partial charge in [0.15, 0.2) is 0 Å². The molecule has 2 amide bonds. The maximum Gasteiger partial charge on any atom is 0.237 e. The number of amides is 2. The van der Waals surface area contributed by atoms with Crippen molar-refractivity contribution in [2.45, 2.75) is 50.6 Å². The molecule has 4 rings (SSSR count). The zero-order valence-corrected chi connectivity index (χ0v) is 14.9. The molecule has 1 spiro atoms. The van der Waals surface area contributed by atoms with Gasteiger partial charge in [0.05, 0.1) is 11.5 Å². The zero-order valence-electron chi connectivity index (χ0n) is 14.9. The minimum absolute atomic E-state index is 0.0336. The van der Waals surface area contributed by atoms with Gasteiger partial charge < -0.3 is 14.8 Å². The molecule has 2 atom stereocenters. The minimum atomic E-state index is -0.612. The Labute approximate surface area is 152 Å². The fourth-order valence-corrected chi connectivity index (χ4v) is 4.48. The molecule has 1 aromatic carbocycles. The van der Waals surface area contributed by atoms with Crippen molar-refractivity contribution in [3.8, 4) is 0 Å². The number of para-hydroxylation sites is 1. The lowest BCUT2D eigenvalue weighted by molar-refractivity contribution is -0.133. The quantitative estimate of drug-likeness (QED) is 0.891. The first-order valence-electron chi connectivity index (χ1n) is 9.19. The molecule has 2 aliphatic heterocycles. The van der Waals surface area contributed by atoms with E-state index in [1.807, 2.05) is 29.2 Å². The van der Waals surface area contributed by atoms with Gasteiger partial charge in [0.1, 0.15) is 12.7 Å². The van der Waals surface area contributed by atoms with Gasteiger partial charge in [0.2, 0.25) is 11.8 Å². The summed E-state index contributed by atoms with van der Waals surface area (Å²) in [5, 5.41) is 10.6. The summed E-state index contributed by atoms with van der Waals surface area (Å²) in [4.78, 5) is 27.8. The Kier molecular flexibility index (Phi) is 4.22. The molecule has 7 heteroatoms. The summed E-state index contributed by atoms with van der Waals surface area (Å²) < 4.78 is 1.80. The van der Waals surface area contributed by atoms with Crippen molar-refractivity contribution in [1.82, 2.24) is 19.7 Å². The van der Waals surface area contributed by atoms with Gasteiger partial charge in [-0.1, -0.05) is 31.5 Å². The molecule has 136 valence electrons. The monoisotopic (exact) mass is 353 g/mol. The SMILES string of the molecule is CCC[C@@H]1N(C(=O)CCn2cnnc2)CC[C@@]12C(=O)Nc1ccccc12. The molecule has 1 N–H and O–H groups in total. The van der Waals surface area contributed by atoms with Crippen LogP contribution in [-0.4, -0.2) is 44.1 Å². The molecule has 3 heterocycles. The summed E-state index contributed by atoms with van der Waals surface area (Å²) in [5.41, 5.74) is 1.31. The van der Waals surface area contributed by atoms with E-state index in [-0.39, 0.29) is 17.9 Å². The van der Waals surface area contributed by atoms with Gasteiger partial charge in [0.25, 0.3) is 0 Å². The Morgan fingerprint density at radius 2 is 2.08 bits per heavy atom. The molecule has 1 aromatic heterocycles. The normalized spacial score (nSPS) is 24.1. The number of fused-ring (bicyclic) bond motifs is 2. The molecule has 7 nitrogen and oxygen atoms in total. The number of nitrogens with zero attached hydrogens (tertiary/aromatic N) is 4. The fraction of sp³-hybridized carbons (Fsp3) is 0.474. The number of rotatable bonds is 5. The van der Waals surface area contributed by atoms with E-state index in [0.29, 0.717) is 25.9 Å². The van der Waals surface area contributed by atoms with Crippen LogP contribution in [0.4, 0.5) is 5.69 Å². The first kappa shape index (κ1) is 16.8. The molecule has 0 radical (unpaired) electrons. The van der Waals surface area contributed by atoms with Crippen LogP contribution in [0, 0.1) is 0 Å². The van der Waals surface area contributed by atoms with Crippen LogP contribution in [0.1, 0.15) is 38.2 Å². The number of carbonyl (C=O) groups is 2. The van der Waals surface area contributed by atoms with E-state index < -0.39 is 5.41 Å². The summed E-state index contributed by atoms with van der Waals surface area (Å²) in [6.45, 7) is 3.27. The maximum atomic E-state index is 13.0. The Hall–Kier alpha value is -2.70. The molecule has 0 saturated carbocycles. The zero-order chi connectivity index (χ0) is 18.1. The van der Waals surface area contributed by atoms with Crippen LogP contribution in [0.3, 0.4) is 0 Å². The second-order valence-electron chi connectivity index (χ2n) is 7.06. The van der Waals surface area contributed by atoms with Crippen LogP contribution >= 0.6 is 0 Å². The fourth-order valence-electron chi connectivity index (χ4n) is 4.48. The number of aryl methyl sites for hydroxylation is 1. The number of hydrogen-bond donors (Lipinski definition) is 1. The first-order valence-corrected chi connectivity index (χ1v) is 9.19. The van der Waals surface area contributed by atoms with Crippen LogP contribution < -0.4 is 5.32 Å². The third kappa shape index (κ3) is 2.50. The molecule has 0 bridgehead atoms. The Morgan fingerprint density at radius 3 is 2.85 bits per heavy atom. The predicted molar refractivity (Wildman–Crippen MR) is 96.4 cm³/mol. The number of carbonyl (C=O) groups excluding carboxylic acids is 2. The van der Waals surface area contributed by atoms with E-state index in [1.165, 1.54) is 0 Å². The average molecular weight is 353 g/mol. The summed E-state index contributed by atoms with van der Waals surface area (Å²) >= 11 is 0. The number of anilines is 1. The van der Waals surface area contributed by atoms with Gasteiger partial charge in [-0.2, -0.15) is 0 Å². The molecule has 2 aliphatic rings. The molecular weight excluding hydrogens is 330 g/mol. The number of likely N-dealkylation sites (tertiary alicyclic amines) is 1. The first-order chi connectivity index (χ1) is 12.7. The molecule has 1 fully saturated rings. The van der Waals surface area contributed by atoms with E-state index in [4.69, 9.17) is 0 Å². The standard InChI is InChI=1S/C19H23N5O2/c1-2-5-16-19(14-6-3-4-7-15(14)22-18(19)26)9-11-24(16)17(25)8-10-23-12-20-21-13-23/h3-4,6-7,12-13,16H,2,5,8-11H2,1H3,(H,22,26)/t16-,19-/m0/s1. The van der Waals surface area contributed by atoms with Crippen molar-refractivity contribution >= 4 is 17.5 Å². The minimum Gasteiger partial charge on any atom is -0.338 e. The highest BCUT2D eigenvalue weighted by atomic mass is 16.2. The lowest BCUT2D eigenvalue weighted by Gasteiger charge is -2.34. The van der Waals surface area contributed by atoms with E-state index in [0.717, 1.165) is 24.1 Å². The number of hydrogen-bond acceptors (Lipinski definition) is 4. The van der Waals surface area contributed by atoms with E-state index >= 15 is 0 Å². The van der Waals surface area contributed by atoms with Gasteiger partial charge in [0, 0.05) is 25.2 Å². The highest BCUT2D eigenvalue weighted by molar-refractivity contribution is 6.07. The van der Waals surface area contributed by atoms with E-state index in [2.05, 4.69) is 22.4 Å². The second kappa shape index (κ2) is 6.55. The number of aromatic nitrogens is 3. The maximum absolute atomic E-state index is 13.0. The lowest BCUT2D eigenvalue weighted by Crippen LogP contribution is -2.48. The van der Waals surface area contributed by atoms with Crippen molar-refractivity contribution < 1.29 is 9.59 Å². The van der Waals surface area contributed by atoms with Gasteiger partial charge in [-0.05, 0) is 24.5 Å². The average Bonchev–Trinajstić information content (AvgIpc) is 3.35. The third-order valence-corrected chi connectivity index (χ3v) is 5.69. The molecule has 0 unspecified atom stereocenters. The van der Waals surface area contributed by atoms with Gasteiger partial charge in [-0.15, -0.1) is 10.2 Å². The van der Waals surface area contributed by atoms with E-state index in [9.17, 15) is 9.59 Å². The topological polar surface area (TPSA) is 80.1 Å². The van der Waals surface area contributed by atoms with E-state index in [1.54, 1.807) is 17.2 Å². The Balaban J connectivity index is 1.60. The lowest BCUT2D eigenvalue weighted by atomic mass is 9.73. The Bertz CT molecular complexity index is 819. The molecular formula is C19H23N5O2. The van der Waals surface area contributed by atoms with Gasteiger partial charge >= 0.3 is 0 Å². The Morgan fingerprint density at radius 1 is 1.31 bits per heavy atom. The van der Waals surface area contributed by atoms with Crippen LogP contribution in [0.15, 0.2) is 36.9 Å². The third-order valence-electron chi connectivity index (χ3n) is 5.69. The summed E-state index contributed by atoms with van der Waals surface area (Å²) in [6, 6.07) is 7.79. The molecule has 0 aliphatic carbocycles. The summed E-state index contributed by atoms with van der Waals surface area (Å²) in [7, 11) is 0. The van der Waals surface area contributed by atoms with Crippen molar-refractivity contribution in [3.05, 3.63) is 42.5 Å². The van der Waals surface area contributed by atoms with Gasteiger partial charge in [-0.25, -0.2) is 0 Å². The summed E-state index contributed by atoms with van der Waals surface area (Å²) in [5.74, 6) is 0.123. The highest BCUT2D eigenvalue weighted by Crippen LogP contribution is 2.49. The van der Waals surface area contributed by atoms with Crippen LogP contribution in [0.2, 0.25) is 0 Å². The van der Waals surface area contributed by atoms with Gasteiger partial charge in [-0.3, -0.25) is 9.59 Å². The van der Waals surface area contributed by atoms with Crippen LogP contribution in [0.25, 0.3) is 0 Å². The smallest absolute Gasteiger partial charge is 0.237 e. The molecule has 1 saturated heterocycles. The van der Waals surface area contributed by atoms with Crippen molar-refractivity contribution in [2.24, 2.45) is 0 Å². The van der Waals surface area contributed by atoms with Crippen molar-refractivity contribution in [1.29, 1.82) is 0 Å². The predicted octanol–water partition coefficient (Wildman–Crippen LogP) is 1.96. The number of benzene rings is 1. The second-order valence-corrected chi connectivity index (χ2v) is 7.06. The number of nitrogens with one attached hydrogen (secondary N) is 1. The van der Waals surface area contributed by atoms with Crippen molar-refractivity contribution in [3.63, 3.8) is 0 Å². The molecule has 2 aromatic rings. The van der Waals surface area contributed by atoms with Crippen LogP contribution in [-0.2, 0) is 21.5 Å². The van der Waals surface area contributed by atoms with Crippen LogP contribution in [0.5, 0.6) is 0 Å². The molecule has 26 heavy (non-hydrogen) atoms. The summed E-state index contributed by atoms with van der Waals surface area (Å²) in [6.07, 6.45) is 6.04.